The molecule has 0 spiro atoms. The Bertz CT molecular complexity index is 566. The third-order valence-electron chi connectivity index (χ3n) is 3.72. The summed E-state index contributed by atoms with van der Waals surface area (Å²) < 4.78 is 1.99. The minimum atomic E-state index is 0.155. The van der Waals surface area contributed by atoms with Crippen LogP contribution in [0.25, 0.3) is 11.2 Å². The first kappa shape index (κ1) is 10.5. The Labute approximate surface area is 98.5 Å². The Kier molecular flexibility index (Phi) is 2.09. The first-order valence-electron chi connectivity index (χ1n) is 5.66. The number of imidazole rings is 1. The molecule has 3 N–H and O–H groups in total. The van der Waals surface area contributed by atoms with E-state index in [0.29, 0.717) is 17.3 Å². The number of aliphatic hydroxyl groups excluding tert-OH is 1. The largest absolute Gasteiger partial charge is 0.396 e. The van der Waals surface area contributed by atoms with E-state index in [1.165, 1.54) is 6.33 Å². The Balaban J connectivity index is 1.94. The third kappa shape index (κ3) is 1.56. The molecule has 0 aromatic carbocycles. The zero-order chi connectivity index (χ0) is 12.0. The predicted octanol–water partition coefficient (Wildman–Crippen LogP) is 0.427. The van der Waals surface area contributed by atoms with Gasteiger partial charge in [-0.15, -0.1) is 0 Å². The van der Waals surface area contributed by atoms with E-state index in [1.807, 2.05) is 4.57 Å². The van der Waals surface area contributed by atoms with Crippen LogP contribution in [0.5, 0.6) is 0 Å². The van der Waals surface area contributed by atoms with Gasteiger partial charge in [0.1, 0.15) is 11.8 Å². The fraction of sp³-hybridized carbons (Fsp3) is 0.545. The van der Waals surface area contributed by atoms with Gasteiger partial charge in [-0.3, -0.25) is 0 Å². The third-order valence-corrected chi connectivity index (χ3v) is 3.72. The van der Waals surface area contributed by atoms with Gasteiger partial charge in [-0.05, 0) is 17.8 Å². The molecule has 1 aliphatic carbocycles. The summed E-state index contributed by atoms with van der Waals surface area (Å²) in [5.41, 5.74) is 7.31. The van der Waals surface area contributed by atoms with Crippen LogP contribution in [0.15, 0.2) is 12.7 Å². The Hall–Kier alpha value is -1.69. The Morgan fingerprint density at radius 2 is 2.35 bits per heavy atom. The number of hydrogen-bond acceptors (Lipinski definition) is 5. The molecule has 1 aliphatic rings. The van der Waals surface area contributed by atoms with Crippen molar-refractivity contribution >= 4 is 17.0 Å². The van der Waals surface area contributed by atoms with Crippen molar-refractivity contribution < 1.29 is 5.11 Å². The van der Waals surface area contributed by atoms with Gasteiger partial charge in [-0.25, -0.2) is 15.0 Å². The lowest BCUT2D eigenvalue weighted by Crippen LogP contribution is -2.11. The average molecular weight is 233 g/mol. The fourth-order valence-corrected chi connectivity index (χ4v) is 2.39. The van der Waals surface area contributed by atoms with Crippen molar-refractivity contribution in [2.24, 2.45) is 11.3 Å². The van der Waals surface area contributed by atoms with Crippen molar-refractivity contribution in [2.45, 2.75) is 19.9 Å². The fourth-order valence-electron chi connectivity index (χ4n) is 2.39. The molecule has 1 saturated carbocycles. The van der Waals surface area contributed by atoms with Gasteiger partial charge >= 0.3 is 0 Å². The first-order chi connectivity index (χ1) is 8.14. The number of nitrogens with two attached hydrogens (primary N) is 1. The number of aromatic nitrogens is 4. The maximum Gasteiger partial charge on any atom is 0.165 e. The molecule has 0 saturated heterocycles. The number of aliphatic hydroxyl groups is 1. The monoisotopic (exact) mass is 233 g/mol. The minimum absolute atomic E-state index is 0.155. The summed E-state index contributed by atoms with van der Waals surface area (Å²) in [6.07, 6.45) is 4.24. The molecule has 17 heavy (non-hydrogen) atoms. The van der Waals surface area contributed by atoms with E-state index in [-0.39, 0.29) is 12.0 Å². The molecule has 2 atom stereocenters. The highest BCUT2D eigenvalue weighted by Gasteiger charge is 2.49. The van der Waals surface area contributed by atoms with Crippen LogP contribution in [0.1, 0.15) is 13.3 Å². The average Bonchev–Trinajstić information content (AvgIpc) is 2.78. The van der Waals surface area contributed by atoms with Crippen LogP contribution >= 0.6 is 0 Å². The van der Waals surface area contributed by atoms with Gasteiger partial charge in [0, 0.05) is 13.2 Å². The molecular weight excluding hydrogens is 218 g/mol. The summed E-state index contributed by atoms with van der Waals surface area (Å²) in [4.78, 5) is 12.4. The second-order valence-electron chi connectivity index (χ2n) is 5.04. The summed E-state index contributed by atoms with van der Waals surface area (Å²) >= 11 is 0. The van der Waals surface area contributed by atoms with Gasteiger partial charge in [0.05, 0.1) is 6.33 Å². The lowest BCUT2D eigenvalue weighted by atomic mass is 10.1. The van der Waals surface area contributed by atoms with E-state index >= 15 is 0 Å². The molecule has 6 nitrogen and oxygen atoms in total. The van der Waals surface area contributed by atoms with Crippen molar-refractivity contribution in [2.75, 3.05) is 12.3 Å². The second-order valence-corrected chi connectivity index (χ2v) is 5.04. The smallest absolute Gasteiger partial charge is 0.165 e. The minimum Gasteiger partial charge on any atom is -0.396 e. The quantitative estimate of drug-likeness (QED) is 0.802. The van der Waals surface area contributed by atoms with Gasteiger partial charge in [0.2, 0.25) is 0 Å². The Morgan fingerprint density at radius 3 is 3.06 bits per heavy atom. The standard InChI is InChI=1S/C11H15N5O/c1-11(2-7(11)3-17)4-16-6-15-8-9(12)13-5-14-10(8)16/h5-7,17H,2-4H2,1H3,(H2,12,13,14)/t7-,11+/m0/s1. The molecule has 2 heterocycles. The SMILES string of the molecule is C[C@]1(Cn2cnc3c(N)ncnc32)C[C@H]1CO. The number of anilines is 1. The molecule has 6 heteroatoms. The summed E-state index contributed by atoms with van der Waals surface area (Å²) in [5, 5.41) is 9.16. The maximum absolute atomic E-state index is 9.16. The second kappa shape index (κ2) is 3.40. The predicted molar refractivity (Wildman–Crippen MR) is 63.0 cm³/mol. The molecule has 1 fully saturated rings. The van der Waals surface area contributed by atoms with E-state index in [4.69, 9.17) is 10.8 Å². The van der Waals surface area contributed by atoms with Gasteiger partial charge in [0.15, 0.2) is 11.5 Å². The zero-order valence-corrected chi connectivity index (χ0v) is 9.67. The zero-order valence-electron chi connectivity index (χ0n) is 9.67. The number of rotatable bonds is 3. The van der Waals surface area contributed by atoms with Crippen molar-refractivity contribution in [1.29, 1.82) is 0 Å². The molecule has 0 amide bonds. The summed E-state index contributed by atoms with van der Waals surface area (Å²) in [6.45, 7) is 3.23. The van der Waals surface area contributed by atoms with Gasteiger partial charge in [-0.1, -0.05) is 6.92 Å². The molecule has 0 aliphatic heterocycles. The number of nitrogens with zero attached hydrogens (tertiary/aromatic N) is 4. The van der Waals surface area contributed by atoms with Crippen LogP contribution in [-0.2, 0) is 6.54 Å². The van der Waals surface area contributed by atoms with E-state index < -0.39 is 0 Å². The van der Waals surface area contributed by atoms with E-state index in [2.05, 4.69) is 21.9 Å². The van der Waals surface area contributed by atoms with Crippen LogP contribution in [0.4, 0.5) is 5.82 Å². The van der Waals surface area contributed by atoms with Crippen LogP contribution in [0.3, 0.4) is 0 Å². The van der Waals surface area contributed by atoms with Crippen LogP contribution in [-0.4, -0.2) is 31.2 Å². The summed E-state index contributed by atoms with van der Waals surface area (Å²) in [7, 11) is 0. The number of hydrogen-bond donors (Lipinski definition) is 2. The van der Waals surface area contributed by atoms with Crippen LogP contribution in [0, 0.1) is 11.3 Å². The lowest BCUT2D eigenvalue weighted by Gasteiger charge is -2.11. The van der Waals surface area contributed by atoms with Crippen LogP contribution in [0.2, 0.25) is 0 Å². The maximum atomic E-state index is 9.16. The molecule has 0 bridgehead atoms. The topological polar surface area (TPSA) is 89.9 Å². The van der Waals surface area contributed by atoms with Crippen molar-refractivity contribution in [3.05, 3.63) is 12.7 Å². The highest BCUT2D eigenvalue weighted by molar-refractivity contribution is 5.81. The van der Waals surface area contributed by atoms with E-state index in [1.54, 1.807) is 6.33 Å². The number of fused-ring (bicyclic) bond motifs is 1. The molecule has 2 aromatic rings. The molecule has 0 unspecified atom stereocenters. The normalized spacial score (nSPS) is 27.5. The van der Waals surface area contributed by atoms with Crippen molar-refractivity contribution in [3.63, 3.8) is 0 Å². The molecule has 3 rings (SSSR count). The molecule has 90 valence electrons. The number of nitrogen functional groups attached to an aromatic ring is 1. The van der Waals surface area contributed by atoms with Gasteiger partial charge in [0.25, 0.3) is 0 Å². The molecular formula is C11H15N5O. The van der Waals surface area contributed by atoms with Gasteiger partial charge < -0.3 is 15.4 Å². The lowest BCUT2D eigenvalue weighted by molar-refractivity contribution is 0.246. The Morgan fingerprint density at radius 1 is 1.53 bits per heavy atom. The van der Waals surface area contributed by atoms with E-state index in [0.717, 1.165) is 18.6 Å². The highest BCUT2D eigenvalue weighted by Crippen LogP contribution is 2.53. The van der Waals surface area contributed by atoms with Gasteiger partial charge in [-0.2, -0.15) is 0 Å². The molecule has 2 aromatic heterocycles. The highest BCUT2D eigenvalue weighted by atomic mass is 16.3. The summed E-state index contributed by atoms with van der Waals surface area (Å²) in [6, 6.07) is 0. The van der Waals surface area contributed by atoms with Crippen molar-refractivity contribution in [3.8, 4) is 0 Å². The van der Waals surface area contributed by atoms with E-state index in [9.17, 15) is 0 Å². The molecule has 0 radical (unpaired) electrons. The van der Waals surface area contributed by atoms with Crippen molar-refractivity contribution in [1.82, 2.24) is 19.5 Å². The first-order valence-corrected chi connectivity index (χ1v) is 5.66. The summed E-state index contributed by atoms with van der Waals surface area (Å²) in [5.74, 6) is 0.799. The van der Waals surface area contributed by atoms with Crippen LogP contribution < -0.4 is 5.73 Å².